The van der Waals surface area contributed by atoms with E-state index in [4.69, 9.17) is 16.3 Å². The third-order valence-corrected chi connectivity index (χ3v) is 3.38. The minimum atomic E-state index is 0.665. The number of benzene rings is 2. The number of rotatable bonds is 7. The van der Waals surface area contributed by atoms with E-state index in [2.05, 4.69) is 17.6 Å². The Bertz CT molecular complexity index is 587. The topological polar surface area (TPSA) is 33.3 Å². The van der Waals surface area contributed by atoms with Crippen LogP contribution in [0, 0.1) is 6.92 Å². The van der Waals surface area contributed by atoms with Crippen molar-refractivity contribution in [3.05, 3.63) is 53.1 Å². The van der Waals surface area contributed by atoms with Crippen molar-refractivity contribution in [2.24, 2.45) is 0 Å². The highest BCUT2D eigenvalue weighted by atomic mass is 35.5. The molecule has 0 heterocycles. The standard InChI is InChI=1S/C17H21ClN2O/c1-3-21-17-7-5-4-6-15(17)19-10-11-20-16-12-14(18)9-8-13(16)2/h4-9,12,19-20H,3,10-11H2,1-2H3. The van der Waals surface area contributed by atoms with Crippen LogP contribution in [-0.4, -0.2) is 19.7 Å². The van der Waals surface area contributed by atoms with Crippen molar-refractivity contribution in [1.29, 1.82) is 0 Å². The first-order chi connectivity index (χ1) is 10.2. The van der Waals surface area contributed by atoms with E-state index >= 15 is 0 Å². The molecule has 0 spiro atoms. The molecular formula is C17H21ClN2O. The number of hydrogen-bond acceptors (Lipinski definition) is 3. The lowest BCUT2D eigenvalue weighted by atomic mass is 10.2. The van der Waals surface area contributed by atoms with Gasteiger partial charge in [0.25, 0.3) is 0 Å². The largest absolute Gasteiger partial charge is 0.492 e. The van der Waals surface area contributed by atoms with Crippen LogP contribution in [0.15, 0.2) is 42.5 Å². The Balaban J connectivity index is 1.86. The number of hydrogen-bond donors (Lipinski definition) is 2. The molecule has 0 amide bonds. The number of ether oxygens (including phenoxy) is 1. The maximum Gasteiger partial charge on any atom is 0.142 e. The van der Waals surface area contributed by atoms with Crippen LogP contribution in [0.5, 0.6) is 5.75 Å². The fraction of sp³-hybridized carbons (Fsp3) is 0.294. The summed E-state index contributed by atoms with van der Waals surface area (Å²) in [6, 6.07) is 13.8. The maximum atomic E-state index is 6.01. The summed E-state index contributed by atoms with van der Waals surface area (Å²) in [6.45, 7) is 6.33. The number of para-hydroxylation sites is 2. The summed E-state index contributed by atoms with van der Waals surface area (Å²) in [7, 11) is 0. The molecule has 0 aromatic heterocycles. The van der Waals surface area contributed by atoms with E-state index in [1.165, 1.54) is 5.56 Å². The summed E-state index contributed by atoms with van der Waals surface area (Å²) in [5, 5.41) is 7.52. The highest BCUT2D eigenvalue weighted by molar-refractivity contribution is 6.30. The molecule has 0 atom stereocenters. The Labute approximate surface area is 131 Å². The molecule has 21 heavy (non-hydrogen) atoms. The van der Waals surface area contributed by atoms with Crippen LogP contribution >= 0.6 is 11.6 Å². The fourth-order valence-electron chi connectivity index (χ4n) is 2.07. The van der Waals surface area contributed by atoms with Crippen molar-refractivity contribution in [3.63, 3.8) is 0 Å². The Morgan fingerprint density at radius 1 is 1.00 bits per heavy atom. The van der Waals surface area contributed by atoms with Crippen LogP contribution in [-0.2, 0) is 0 Å². The van der Waals surface area contributed by atoms with Crippen LogP contribution in [0.3, 0.4) is 0 Å². The molecule has 2 rings (SSSR count). The molecule has 4 heteroatoms. The van der Waals surface area contributed by atoms with Gasteiger partial charge >= 0.3 is 0 Å². The van der Waals surface area contributed by atoms with Crippen LogP contribution in [0.1, 0.15) is 12.5 Å². The maximum absolute atomic E-state index is 6.01. The molecule has 0 aliphatic heterocycles. The predicted octanol–water partition coefficient (Wildman–Crippen LogP) is 4.57. The van der Waals surface area contributed by atoms with Gasteiger partial charge < -0.3 is 15.4 Å². The van der Waals surface area contributed by atoms with E-state index < -0.39 is 0 Å². The van der Waals surface area contributed by atoms with E-state index in [1.807, 2.05) is 49.4 Å². The van der Waals surface area contributed by atoms with E-state index in [0.717, 1.165) is 35.2 Å². The van der Waals surface area contributed by atoms with E-state index in [9.17, 15) is 0 Å². The van der Waals surface area contributed by atoms with Gasteiger partial charge in [0.1, 0.15) is 5.75 Å². The Kier molecular flexibility index (Phi) is 5.76. The first kappa shape index (κ1) is 15.5. The Morgan fingerprint density at radius 2 is 1.71 bits per heavy atom. The quantitative estimate of drug-likeness (QED) is 0.735. The molecule has 3 nitrogen and oxygen atoms in total. The highest BCUT2D eigenvalue weighted by Gasteiger charge is 2.02. The van der Waals surface area contributed by atoms with Gasteiger partial charge in [-0.3, -0.25) is 0 Å². The van der Waals surface area contributed by atoms with Crippen molar-refractivity contribution in [1.82, 2.24) is 0 Å². The molecule has 0 aliphatic carbocycles. The third-order valence-electron chi connectivity index (χ3n) is 3.14. The van der Waals surface area contributed by atoms with Crippen molar-refractivity contribution >= 4 is 23.0 Å². The molecule has 0 fully saturated rings. The normalized spacial score (nSPS) is 10.2. The molecule has 112 valence electrons. The lowest BCUT2D eigenvalue weighted by molar-refractivity contribution is 0.342. The molecule has 2 aromatic carbocycles. The second-order valence-electron chi connectivity index (χ2n) is 4.74. The number of halogens is 1. The predicted molar refractivity (Wildman–Crippen MR) is 90.8 cm³/mol. The first-order valence-corrected chi connectivity index (χ1v) is 7.54. The number of anilines is 2. The zero-order valence-electron chi connectivity index (χ0n) is 12.4. The molecule has 0 aliphatic rings. The van der Waals surface area contributed by atoms with Gasteiger partial charge in [0.05, 0.1) is 12.3 Å². The minimum absolute atomic E-state index is 0.665. The second kappa shape index (κ2) is 7.79. The van der Waals surface area contributed by atoms with Crippen molar-refractivity contribution < 1.29 is 4.74 Å². The Morgan fingerprint density at radius 3 is 2.48 bits per heavy atom. The van der Waals surface area contributed by atoms with E-state index in [0.29, 0.717) is 6.61 Å². The second-order valence-corrected chi connectivity index (χ2v) is 5.18. The van der Waals surface area contributed by atoms with Gasteiger partial charge in [-0.1, -0.05) is 29.8 Å². The molecular weight excluding hydrogens is 284 g/mol. The van der Waals surface area contributed by atoms with Crippen molar-refractivity contribution in [3.8, 4) is 5.75 Å². The fourth-order valence-corrected chi connectivity index (χ4v) is 2.25. The van der Waals surface area contributed by atoms with Gasteiger partial charge in [0.2, 0.25) is 0 Å². The van der Waals surface area contributed by atoms with E-state index in [1.54, 1.807) is 0 Å². The summed E-state index contributed by atoms with van der Waals surface area (Å²) in [5.74, 6) is 0.888. The average Bonchev–Trinajstić information content (AvgIpc) is 2.49. The van der Waals surface area contributed by atoms with Crippen LogP contribution < -0.4 is 15.4 Å². The van der Waals surface area contributed by atoms with Gasteiger partial charge in [-0.25, -0.2) is 0 Å². The van der Waals surface area contributed by atoms with Gasteiger partial charge in [-0.15, -0.1) is 0 Å². The van der Waals surface area contributed by atoms with Crippen molar-refractivity contribution in [2.45, 2.75) is 13.8 Å². The zero-order chi connectivity index (χ0) is 15.1. The minimum Gasteiger partial charge on any atom is -0.492 e. The molecule has 0 saturated heterocycles. The summed E-state index contributed by atoms with van der Waals surface area (Å²) < 4.78 is 5.59. The summed E-state index contributed by atoms with van der Waals surface area (Å²) >= 11 is 6.01. The van der Waals surface area contributed by atoms with Crippen molar-refractivity contribution in [2.75, 3.05) is 30.3 Å². The summed E-state index contributed by atoms with van der Waals surface area (Å²) in [4.78, 5) is 0. The van der Waals surface area contributed by atoms with E-state index in [-0.39, 0.29) is 0 Å². The molecule has 0 bridgehead atoms. The molecule has 2 N–H and O–H groups in total. The SMILES string of the molecule is CCOc1ccccc1NCCNc1cc(Cl)ccc1C. The lowest BCUT2D eigenvalue weighted by Crippen LogP contribution is -2.14. The summed E-state index contributed by atoms with van der Waals surface area (Å²) in [6.07, 6.45) is 0. The van der Waals surface area contributed by atoms with Crippen LogP contribution in [0.4, 0.5) is 11.4 Å². The third kappa shape index (κ3) is 4.57. The molecule has 0 radical (unpaired) electrons. The van der Waals surface area contributed by atoms with Gasteiger partial charge in [0, 0.05) is 23.8 Å². The monoisotopic (exact) mass is 304 g/mol. The highest BCUT2D eigenvalue weighted by Crippen LogP contribution is 2.23. The smallest absolute Gasteiger partial charge is 0.142 e. The summed E-state index contributed by atoms with van der Waals surface area (Å²) in [5.41, 5.74) is 3.28. The Hall–Kier alpha value is -1.87. The van der Waals surface area contributed by atoms with Crippen LogP contribution in [0.2, 0.25) is 5.02 Å². The van der Waals surface area contributed by atoms with Gasteiger partial charge in [-0.2, -0.15) is 0 Å². The van der Waals surface area contributed by atoms with Gasteiger partial charge in [-0.05, 0) is 43.7 Å². The van der Waals surface area contributed by atoms with Crippen LogP contribution in [0.25, 0.3) is 0 Å². The number of aryl methyl sites for hydroxylation is 1. The molecule has 0 saturated carbocycles. The zero-order valence-corrected chi connectivity index (χ0v) is 13.2. The first-order valence-electron chi connectivity index (χ1n) is 7.16. The lowest BCUT2D eigenvalue weighted by Gasteiger charge is -2.14. The molecule has 0 unspecified atom stereocenters. The molecule has 2 aromatic rings. The number of nitrogens with one attached hydrogen (secondary N) is 2. The van der Waals surface area contributed by atoms with Gasteiger partial charge in [0.15, 0.2) is 0 Å². The average molecular weight is 305 g/mol.